The van der Waals surface area contributed by atoms with E-state index in [1.807, 2.05) is 12.1 Å². The lowest BCUT2D eigenvalue weighted by atomic mass is 10.0. The maximum Gasteiger partial charge on any atom is 0.156 e. The summed E-state index contributed by atoms with van der Waals surface area (Å²) in [6.07, 6.45) is 7.77. The minimum absolute atomic E-state index is 0.211. The van der Waals surface area contributed by atoms with Crippen molar-refractivity contribution in [1.29, 1.82) is 0 Å². The number of rotatable bonds is 2. The van der Waals surface area contributed by atoms with Gasteiger partial charge < -0.3 is 11.1 Å². The Balaban J connectivity index is 1.88. The minimum atomic E-state index is 0.211. The molecule has 100 valence electrons. The molecule has 3 N–H and O–H groups in total. The van der Waals surface area contributed by atoms with Crippen LogP contribution < -0.4 is 11.1 Å². The normalized spacial score (nSPS) is 24.1. The number of hydrogen-bond acceptors (Lipinski definition) is 4. The Morgan fingerprint density at radius 1 is 1.11 bits per heavy atom. The molecule has 3 rings (SSSR count). The number of nitrogens with zero attached hydrogens (tertiary/aromatic N) is 2. The second kappa shape index (κ2) is 5.53. The van der Waals surface area contributed by atoms with Crippen LogP contribution in [-0.4, -0.2) is 22.3 Å². The second-order valence-electron chi connectivity index (χ2n) is 5.33. The van der Waals surface area contributed by atoms with Gasteiger partial charge in [0.25, 0.3) is 0 Å². The van der Waals surface area contributed by atoms with Gasteiger partial charge in [0.15, 0.2) is 5.82 Å². The Hall–Kier alpha value is -1.68. The van der Waals surface area contributed by atoms with E-state index in [0.29, 0.717) is 6.04 Å². The van der Waals surface area contributed by atoms with E-state index in [0.717, 1.165) is 29.4 Å². The van der Waals surface area contributed by atoms with E-state index in [1.54, 1.807) is 6.20 Å². The van der Waals surface area contributed by atoms with Crippen LogP contribution in [0, 0.1) is 0 Å². The van der Waals surface area contributed by atoms with Gasteiger partial charge in [-0.25, -0.2) is 0 Å². The molecule has 1 fully saturated rings. The van der Waals surface area contributed by atoms with Gasteiger partial charge in [0.1, 0.15) is 0 Å². The zero-order chi connectivity index (χ0) is 13.1. The molecule has 1 saturated carbocycles. The van der Waals surface area contributed by atoms with Crippen molar-refractivity contribution in [3.05, 3.63) is 30.5 Å². The Morgan fingerprint density at radius 2 is 1.95 bits per heavy atom. The standard InChI is InChI=1S/C15H20N4/c16-13-8-2-1-3-9-14(13)18-15-12-7-5-4-6-11(12)10-17-19-15/h4-7,10,13-14H,1-3,8-9,16H2,(H,18,19). The van der Waals surface area contributed by atoms with Crippen LogP contribution in [0.15, 0.2) is 30.5 Å². The molecule has 1 heterocycles. The molecule has 19 heavy (non-hydrogen) atoms. The fourth-order valence-electron chi connectivity index (χ4n) is 2.83. The number of aromatic nitrogens is 2. The first kappa shape index (κ1) is 12.4. The van der Waals surface area contributed by atoms with E-state index in [-0.39, 0.29) is 6.04 Å². The molecule has 2 aromatic rings. The van der Waals surface area contributed by atoms with E-state index < -0.39 is 0 Å². The summed E-state index contributed by atoms with van der Waals surface area (Å²) in [5.41, 5.74) is 6.26. The summed E-state index contributed by atoms with van der Waals surface area (Å²) in [5.74, 6) is 0.862. The van der Waals surface area contributed by atoms with Gasteiger partial charge in [-0.15, -0.1) is 5.10 Å². The molecule has 1 aliphatic carbocycles. The van der Waals surface area contributed by atoms with Crippen molar-refractivity contribution in [1.82, 2.24) is 10.2 Å². The number of benzene rings is 1. The first-order valence-corrected chi connectivity index (χ1v) is 7.07. The summed E-state index contributed by atoms with van der Waals surface area (Å²) < 4.78 is 0. The van der Waals surface area contributed by atoms with E-state index in [1.165, 1.54) is 19.3 Å². The molecular weight excluding hydrogens is 236 g/mol. The smallest absolute Gasteiger partial charge is 0.156 e. The van der Waals surface area contributed by atoms with Crippen molar-refractivity contribution >= 4 is 16.6 Å². The zero-order valence-corrected chi connectivity index (χ0v) is 11.0. The molecule has 1 aromatic carbocycles. The van der Waals surface area contributed by atoms with E-state index in [2.05, 4.69) is 27.6 Å². The largest absolute Gasteiger partial charge is 0.364 e. The van der Waals surface area contributed by atoms with Crippen molar-refractivity contribution in [2.75, 3.05) is 5.32 Å². The fourth-order valence-corrected chi connectivity index (χ4v) is 2.83. The van der Waals surface area contributed by atoms with E-state index in [4.69, 9.17) is 5.73 Å². The number of anilines is 1. The quantitative estimate of drug-likeness (QED) is 0.811. The van der Waals surface area contributed by atoms with Crippen LogP contribution in [0.3, 0.4) is 0 Å². The third-order valence-corrected chi connectivity index (χ3v) is 3.96. The van der Waals surface area contributed by atoms with Crippen molar-refractivity contribution < 1.29 is 0 Å². The van der Waals surface area contributed by atoms with Gasteiger partial charge in [-0.05, 0) is 12.8 Å². The van der Waals surface area contributed by atoms with Crippen molar-refractivity contribution in [3.8, 4) is 0 Å². The van der Waals surface area contributed by atoms with Crippen molar-refractivity contribution in [2.45, 2.75) is 44.2 Å². The fraction of sp³-hybridized carbons (Fsp3) is 0.467. The lowest BCUT2D eigenvalue weighted by molar-refractivity contribution is 0.527. The zero-order valence-electron chi connectivity index (χ0n) is 11.0. The number of hydrogen-bond donors (Lipinski definition) is 2. The molecule has 0 radical (unpaired) electrons. The van der Waals surface area contributed by atoms with Gasteiger partial charge in [-0.3, -0.25) is 0 Å². The molecule has 0 amide bonds. The summed E-state index contributed by atoms with van der Waals surface area (Å²) >= 11 is 0. The predicted octanol–water partition coefficient (Wildman–Crippen LogP) is 2.70. The summed E-state index contributed by atoms with van der Waals surface area (Å²) in [6.45, 7) is 0. The van der Waals surface area contributed by atoms with Crippen LogP contribution >= 0.6 is 0 Å². The van der Waals surface area contributed by atoms with Gasteiger partial charge in [0.2, 0.25) is 0 Å². The molecule has 0 spiro atoms. The molecule has 2 atom stereocenters. The molecule has 0 bridgehead atoms. The van der Waals surface area contributed by atoms with Crippen LogP contribution in [0.2, 0.25) is 0 Å². The first-order valence-electron chi connectivity index (χ1n) is 7.07. The van der Waals surface area contributed by atoms with Gasteiger partial charge in [0.05, 0.1) is 6.20 Å². The average Bonchev–Trinajstić information content (AvgIpc) is 2.65. The SMILES string of the molecule is NC1CCCCCC1Nc1nncc2ccccc12. The Bertz CT molecular complexity index is 549. The monoisotopic (exact) mass is 256 g/mol. The lowest BCUT2D eigenvalue weighted by Crippen LogP contribution is -2.39. The maximum absolute atomic E-state index is 6.26. The molecule has 0 aliphatic heterocycles. The molecule has 0 saturated heterocycles. The number of nitrogens with two attached hydrogens (primary N) is 1. The number of nitrogens with one attached hydrogen (secondary N) is 1. The highest BCUT2D eigenvalue weighted by atomic mass is 15.2. The van der Waals surface area contributed by atoms with Crippen LogP contribution in [0.25, 0.3) is 10.8 Å². The van der Waals surface area contributed by atoms with Gasteiger partial charge in [-0.2, -0.15) is 5.10 Å². The Labute approximate surface area is 113 Å². The van der Waals surface area contributed by atoms with Crippen LogP contribution in [0.4, 0.5) is 5.82 Å². The Kier molecular flexibility index (Phi) is 3.60. The Morgan fingerprint density at radius 3 is 2.89 bits per heavy atom. The molecule has 1 aliphatic rings. The van der Waals surface area contributed by atoms with Crippen LogP contribution in [-0.2, 0) is 0 Å². The molecular formula is C15H20N4. The molecule has 1 aromatic heterocycles. The van der Waals surface area contributed by atoms with Gasteiger partial charge in [-0.1, -0.05) is 43.5 Å². The summed E-state index contributed by atoms with van der Waals surface area (Å²) in [4.78, 5) is 0. The predicted molar refractivity (Wildman–Crippen MR) is 78.0 cm³/mol. The van der Waals surface area contributed by atoms with E-state index >= 15 is 0 Å². The molecule has 2 unspecified atom stereocenters. The summed E-state index contributed by atoms with van der Waals surface area (Å²) in [5, 5.41) is 14.1. The topological polar surface area (TPSA) is 63.8 Å². The van der Waals surface area contributed by atoms with E-state index in [9.17, 15) is 0 Å². The summed E-state index contributed by atoms with van der Waals surface area (Å²) in [6, 6.07) is 8.70. The van der Waals surface area contributed by atoms with Crippen LogP contribution in [0.5, 0.6) is 0 Å². The summed E-state index contributed by atoms with van der Waals surface area (Å²) in [7, 11) is 0. The minimum Gasteiger partial charge on any atom is -0.364 e. The van der Waals surface area contributed by atoms with Gasteiger partial charge >= 0.3 is 0 Å². The highest BCUT2D eigenvalue weighted by molar-refractivity contribution is 5.90. The third-order valence-electron chi connectivity index (χ3n) is 3.96. The average molecular weight is 256 g/mol. The van der Waals surface area contributed by atoms with Crippen molar-refractivity contribution in [2.24, 2.45) is 5.73 Å². The lowest BCUT2D eigenvalue weighted by Gasteiger charge is -2.23. The highest BCUT2D eigenvalue weighted by Gasteiger charge is 2.21. The maximum atomic E-state index is 6.26. The number of fused-ring (bicyclic) bond motifs is 1. The van der Waals surface area contributed by atoms with Gasteiger partial charge in [0, 0.05) is 22.9 Å². The molecule has 4 nitrogen and oxygen atoms in total. The van der Waals surface area contributed by atoms with Crippen LogP contribution in [0.1, 0.15) is 32.1 Å². The second-order valence-corrected chi connectivity index (χ2v) is 5.33. The highest BCUT2D eigenvalue weighted by Crippen LogP contribution is 2.24. The van der Waals surface area contributed by atoms with Crippen molar-refractivity contribution in [3.63, 3.8) is 0 Å². The third kappa shape index (κ3) is 2.68. The first-order chi connectivity index (χ1) is 9.34. The molecule has 4 heteroatoms.